The summed E-state index contributed by atoms with van der Waals surface area (Å²) in [6, 6.07) is 17.0. The quantitative estimate of drug-likeness (QED) is 0.886. The summed E-state index contributed by atoms with van der Waals surface area (Å²) in [5.74, 6) is 1.53. The maximum atomic E-state index is 6.14. The van der Waals surface area contributed by atoms with E-state index in [4.69, 9.17) is 4.74 Å². The summed E-state index contributed by atoms with van der Waals surface area (Å²) < 4.78 is 6.14. The van der Waals surface area contributed by atoms with Crippen LogP contribution in [0.15, 0.2) is 48.5 Å². The van der Waals surface area contributed by atoms with Gasteiger partial charge >= 0.3 is 0 Å². The second kappa shape index (κ2) is 6.21. The van der Waals surface area contributed by atoms with Crippen molar-refractivity contribution in [3.8, 4) is 5.75 Å². The fourth-order valence-corrected chi connectivity index (χ4v) is 2.78. The monoisotopic (exact) mass is 281 g/mol. The lowest BCUT2D eigenvalue weighted by Crippen LogP contribution is -2.24. The van der Waals surface area contributed by atoms with E-state index in [0.29, 0.717) is 5.92 Å². The van der Waals surface area contributed by atoms with Crippen molar-refractivity contribution in [3.63, 3.8) is 0 Å². The molecular weight excluding hydrogens is 258 g/mol. The first-order valence-electron chi connectivity index (χ1n) is 7.81. The molecule has 1 unspecified atom stereocenters. The third kappa shape index (κ3) is 3.38. The molecule has 0 bridgehead atoms. The number of nitrogens with one attached hydrogen (secondary N) is 1. The molecule has 110 valence electrons. The van der Waals surface area contributed by atoms with Gasteiger partial charge in [-0.2, -0.15) is 0 Å². The molecule has 0 aromatic heterocycles. The summed E-state index contributed by atoms with van der Waals surface area (Å²) in [5.41, 5.74) is 3.99. The standard InChI is InChI=1S/C19H23NO/c1-14(2)15-7-10-17(11-8-15)21-18-12-9-16-5-3-4-6-19(16)20-13-18/h3-8,10-11,14,18,20H,9,12-13H2,1-2H3. The molecule has 3 rings (SSSR count). The first kappa shape index (κ1) is 14.0. The van der Waals surface area contributed by atoms with Gasteiger partial charge in [-0.1, -0.05) is 44.2 Å². The molecule has 0 amide bonds. The zero-order valence-electron chi connectivity index (χ0n) is 12.8. The number of benzene rings is 2. The highest BCUT2D eigenvalue weighted by molar-refractivity contribution is 5.52. The van der Waals surface area contributed by atoms with Gasteiger partial charge in [0, 0.05) is 5.69 Å². The summed E-state index contributed by atoms with van der Waals surface area (Å²) in [7, 11) is 0. The third-order valence-electron chi connectivity index (χ3n) is 4.12. The Kier molecular flexibility index (Phi) is 4.14. The van der Waals surface area contributed by atoms with Crippen molar-refractivity contribution in [2.24, 2.45) is 0 Å². The highest BCUT2D eigenvalue weighted by Crippen LogP contribution is 2.24. The molecule has 0 saturated heterocycles. The topological polar surface area (TPSA) is 21.3 Å². The van der Waals surface area contributed by atoms with E-state index in [9.17, 15) is 0 Å². The Hall–Kier alpha value is -1.96. The molecule has 1 atom stereocenters. The summed E-state index contributed by atoms with van der Waals surface area (Å²) in [5, 5.41) is 3.50. The van der Waals surface area contributed by atoms with Crippen molar-refractivity contribution in [2.45, 2.75) is 38.7 Å². The molecule has 0 radical (unpaired) electrons. The summed E-state index contributed by atoms with van der Waals surface area (Å²) in [6.07, 6.45) is 2.34. The van der Waals surface area contributed by atoms with E-state index in [2.05, 4.69) is 67.7 Å². The normalized spacial score (nSPS) is 17.8. The van der Waals surface area contributed by atoms with Crippen LogP contribution >= 0.6 is 0 Å². The maximum absolute atomic E-state index is 6.14. The molecule has 0 saturated carbocycles. The zero-order chi connectivity index (χ0) is 14.7. The van der Waals surface area contributed by atoms with Crippen LogP contribution in [0, 0.1) is 0 Å². The average Bonchev–Trinajstić information content (AvgIpc) is 2.71. The van der Waals surface area contributed by atoms with Gasteiger partial charge in [0.15, 0.2) is 0 Å². The molecule has 2 heteroatoms. The number of ether oxygens (including phenoxy) is 1. The lowest BCUT2D eigenvalue weighted by Gasteiger charge is -2.18. The molecule has 2 aromatic rings. The van der Waals surface area contributed by atoms with E-state index in [0.717, 1.165) is 25.1 Å². The van der Waals surface area contributed by atoms with Gasteiger partial charge in [0.2, 0.25) is 0 Å². The van der Waals surface area contributed by atoms with Crippen LogP contribution in [0.5, 0.6) is 5.75 Å². The number of para-hydroxylation sites is 1. The van der Waals surface area contributed by atoms with Crippen LogP contribution in [0.4, 0.5) is 5.69 Å². The third-order valence-corrected chi connectivity index (χ3v) is 4.12. The van der Waals surface area contributed by atoms with E-state index < -0.39 is 0 Å². The van der Waals surface area contributed by atoms with E-state index in [1.807, 2.05) is 0 Å². The highest BCUT2D eigenvalue weighted by atomic mass is 16.5. The van der Waals surface area contributed by atoms with Crippen molar-refractivity contribution in [3.05, 3.63) is 59.7 Å². The Morgan fingerprint density at radius 2 is 1.81 bits per heavy atom. The van der Waals surface area contributed by atoms with Crippen LogP contribution in [0.3, 0.4) is 0 Å². The van der Waals surface area contributed by atoms with Crippen molar-refractivity contribution >= 4 is 5.69 Å². The second-order valence-electron chi connectivity index (χ2n) is 6.04. The van der Waals surface area contributed by atoms with E-state index in [1.165, 1.54) is 16.8 Å². The van der Waals surface area contributed by atoms with Crippen molar-refractivity contribution in [2.75, 3.05) is 11.9 Å². The van der Waals surface area contributed by atoms with Crippen LogP contribution in [-0.2, 0) is 6.42 Å². The lowest BCUT2D eigenvalue weighted by atomic mass is 10.0. The molecule has 1 aliphatic heterocycles. The SMILES string of the molecule is CC(C)c1ccc(OC2CCc3ccccc3NC2)cc1. The molecule has 0 fully saturated rings. The Morgan fingerprint density at radius 3 is 2.57 bits per heavy atom. The molecule has 0 spiro atoms. The first-order valence-corrected chi connectivity index (χ1v) is 7.81. The van der Waals surface area contributed by atoms with Gasteiger partial charge in [-0.3, -0.25) is 0 Å². The van der Waals surface area contributed by atoms with Crippen molar-refractivity contribution in [1.29, 1.82) is 0 Å². The van der Waals surface area contributed by atoms with Crippen LogP contribution in [0.1, 0.15) is 37.3 Å². The van der Waals surface area contributed by atoms with Gasteiger partial charge in [-0.15, -0.1) is 0 Å². The van der Waals surface area contributed by atoms with Crippen molar-refractivity contribution in [1.82, 2.24) is 0 Å². The smallest absolute Gasteiger partial charge is 0.119 e. The van der Waals surface area contributed by atoms with Crippen LogP contribution < -0.4 is 10.1 Å². The van der Waals surface area contributed by atoms with Crippen LogP contribution in [0.2, 0.25) is 0 Å². The number of rotatable bonds is 3. The minimum atomic E-state index is 0.224. The molecular formula is C19H23NO. The Morgan fingerprint density at radius 1 is 1.05 bits per heavy atom. The van der Waals surface area contributed by atoms with Crippen LogP contribution in [0.25, 0.3) is 0 Å². The number of anilines is 1. The van der Waals surface area contributed by atoms with Gasteiger partial charge in [0.1, 0.15) is 11.9 Å². The van der Waals surface area contributed by atoms with Gasteiger partial charge in [-0.25, -0.2) is 0 Å². The van der Waals surface area contributed by atoms with Crippen molar-refractivity contribution < 1.29 is 4.74 Å². The average molecular weight is 281 g/mol. The molecule has 1 N–H and O–H groups in total. The minimum absolute atomic E-state index is 0.224. The number of hydrogen-bond acceptors (Lipinski definition) is 2. The fourth-order valence-electron chi connectivity index (χ4n) is 2.78. The Labute approximate surface area is 127 Å². The summed E-state index contributed by atoms with van der Waals surface area (Å²) in [6.45, 7) is 5.29. The number of fused-ring (bicyclic) bond motifs is 1. The molecule has 1 aliphatic rings. The molecule has 2 nitrogen and oxygen atoms in total. The molecule has 0 aliphatic carbocycles. The highest BCUT2D eigenvalue weighted by Gasteiger charge is 2.16. The lowest BCUT2D eigenvalue weighted by molar-refractivity contribution is 0.206. The first-order chi connectivity index (χ1) is 10.2. The van der Waals surface area contributed by atoms with Gasteiger partial charge in [0.05, 0.1) is 6.54 Å². The van der Waals surface area contributed by atoms with E-state index in [1.54, 1.807) is 0 Å². The Balaban J connectivity index is 1.64. The largest absolute Gasteiger partial charge is 0.489 e. The zero-order valence-corrected chi connectivity index (χ0v) is 12.8. The Bertz CT molecular complexity index is 562. The number of hydrogen-bond donors (Lipinski definition) is 1. The minimum Gasteiger partial charge on any atom is -0.489 e. The number of aryl methyl sites for hydroxylation is 1. The fraction of sp³-hybridized carbons (Fsp3) is 0.368. The predicted molar refractivity (Wildman–Crippen MR) is 88.2 cm³/mol. The van der Waals surface area contributed by atoms with Gasteiger partial charge < -0.3 is 10.1 Å². The predicted octanol–water partition coefficient (Wildman–Crippen LogP) is 4.62. The van der Waals surface area contributed by atoms with Gasteiger partial charge in [0.25, 0.3) is 0 Å². The molecule has 2 aromatic carbocycles. The van der Waals surface area contributed by atoms with Crippen LogP contribution in [-0.4, -0.2) is 12.6 Å². The summed E-state index contributed by atoms with van der Waals surface area (Å²) in [4.78, 5) is 0. The van der Waals surface area contributed by atoms with E-state index in [-0.39, 0.29) is 6.10 Å². The summed E-state index contributed by atoms with van der Waals surface area (Å²) >= 11 is 0. The van der Waals surface area contributed by atoms with E-state index >= 15 is 0 Å². The second-order valence-corrected chi connectivity index (χ2v) is 6.04. The maximum Gasteiger partial charge on any atom is 0.119 e. The van der Waals surface area contributed by atoms with Gasteiger partial charge in [-0.05, 0) is 48.1 Å². The molecule has 21 heavy (non-hydrogen) atoms. The molecule has 1 heterocycles.